The van der Waals surface area contributed by atoms with Gasteiger partial charge in [-0.3, -0.25) is 4.90 Å². The van der Waals surface area contributed by atoms with E-state index in [1.54, 1.807) is 0 Å². The monoisotopic (exact) mass is 370 g/mol. The molecule has 1 aliphatic rings. The van der Waals surface area contributed by atoms with Crippen molar-refractivity contribution in [1.29, 1.82) is 0 Å². The number of hydrogen-bond donors (Lipinski definition) is 0. The summed E-state index contributed by atoms with van der Waals surface area (Å²) in [6.07, 6.45) is 2.41. The molecule has 0 spiro atoms. The van der Waals surface area contributed by atoms with Gasteiger partial charge in [-0.2, -0.15) is 0 Å². The van der Waals surface area contributed by atoms with Crippen molar-refractivity contribution in [2.75, 3.05) is 18.0 Å². The predicted molar refractivity (Wildman–Crippen MR) is 119 cm³/mol. The first-order valence-electron chi connectivity index (χ1n) is 10.5. The van der Waals surface area contributed by atoms with E-state index in [1.165, 1.54) is 29.7 Å². The highest BCUT2D eigenvalue weighted by atomic mass is 15.2. The highest BCUT2D eigenvalue weighted by Gasteiger charge is 2.27. The Morgan fingerprint density at radius 1 is 0.786 bits per heavy atom. The van der Waals surface area contributed by atoms with Crippen LogP contribution in [0.2, 0.25) is 0 Å². The zero-order chi connectivity index (χ0) is 19.2. The lowest BCUT2D eigenvalue weighted by Crippen LogP contribution is -2.45. The highest BCUT2D eigenvalue weighted by Crippen LogP contribution is 2.29. The van der Waals surface area contributed by atoms with E-state index in [1.807, 2.05) is 0 Å². The van der Waals surface area contributed by atoms with Crippen LogP contribution in [0.15, 0.2) is 91.0 Å². The topological polar surface area (TPSA) is 6.48 Å². The van der Waals surface area contributed by atoms with E-state index in [0.29, 0.717) is 12.1 Å². The molecule has 2 heteroatoms. The summed E-state index contributed by atoms with van der Waals surface area (Å²) in [5.74, 6) is 0. The quantitative estimate of drug-likeness (QED) is 0.531. The lowest BCUT2D eigenvalue weighted by atomic mass is 9.98. The van der Waals surface area contributed by atoms with Gasteiger partial charge in [0.1, 0.15) is 0 Å². The Bertz CT molecular complexity index is 824. The largest absolute Gasteiger partial charge is 0.364 e. The standard InChI is InChI=1S/C26H30N2/c1-22(24-13-7-3-8-14-24)27-19-17-26(18-20-27)28(25-15-9-4-10-16-25)21-23-11-5-2-6-12-23/h2-16,22,26H,17-21H2,1H3. The molecule has 1 fully saturated rings. The highest BCUT2D eigenvalue weighted by molar-refractivity contribution is 5.48. The van der Waals surface area contributed by atoms with E-state index in [4.69, 9.17) is 0 Å². The van der Waals surface area contributed by atoms with Gasteiger partial charge in [0.05, 0.1) is 0 Å². The van der Waals surface area contributed by atoms with Crippen LogP contribution < -0.4 is 4.90 Å². The number of nitrogens with zero attached hydrogens (tertiary/aromatic N) is 2. The van der Waals surface area contributed by atoms with Crippen LogP contribution in [0.25, 0.3) is 0 Å². The van der Waals surface area contributed by atoms with E-state index in [-0.39, 0.29) is 0 Å². The number of piperidine rings is 1. The average Bonchev–Trinajstić information content (AvgIpc) is 2.79. The molecule has 1 atom stereocenters. The van der Waals surface area contributed by atoms with E-state index in [9.17, 15) is 0 Å². The lowest BCUT2D eigenvalue weighted by Gasteiger charge is -2.42. The second-order valence-corrected chi connectivity index (χ2v) is 7.80. The van der Waals surface area contributed by atoms with Crippen LogP contribution in [0.4, 0.5) is 5.69 Å². The van der Waals surface area contributed by atoms with Crippen LogP contribution in [0.1, 0.15) is 36.9 Å². The first-order chi connectivity index (χ1) is 13.8. The summed E-state index contributed by atoms with van der Waals surface area (Å²) >= 11 is 0. The summed E-state index contributed by atoms with van der Waals surface area (Å²) in [6.45, 7) is 5.62. The molecule has 28 heavy (non-hydrogen) atoms. The van der Waals surface area contributed by atoms with E-state index >= 15 is 0 Å². The number of rotatable bonds is 6. The van der Waals surface area contributed by atoms with Gasteiger partial charge in [-0.1, -0.05) is 78.9 Å². The molecular weight excluding hydrogens is 340 g/mol. The molecule has 0 bridgehead atoms. The summed E-state index contributed by atoms with van der Waals surface area (Å²) in [6, 6.07) is 33.7. The summed E-state index contributed by atoms with van der Waals surface area (Å²) in [5.41, 5.74) is 4.14. The number of anilines is 1. The molecule has 4 rings (SSSR count). The summed E-state index contributed by atoms with van der Waals surface area (Å²) in [7, 11) is 0. The third-order valence-electron chi connectivity index (χ3n) is 6.05. The zero-order valence-electron chi connectivity index (χ0n) is 16.7. The molecule has 0 saturated carbocycles. The maximum Gasteiger partial charge on any atom is 0.0432 e. The molecule has 0 aliphatic carbocycles. The molecule has 3 aromatic rings. The summed E-state index contributed by atoms with van der Waals surface area (Å²) < 4.78 is 0. The molecule has 0 radical (unpaired) electrons. The lowest BCUT2D eigenvalue weighted by molar-refractivity contribution is 0.160. The first kappa shape index (κ1) is 18.8. The van der Waals surface area contributed by atoms with E-state index in [0.717, 1.165) is 19.6 Å². The molecule has 1 saturated heterocycles. The van der Waals surface area contributed by atoms with Crippen LogP contribution in [0.5, 0.6) is 0 Å². The molecular formula is C26H30N2. The van der Waals surface area contributed by atoms with Crippen molar-refractivity contribution in [2.45, 2.75) is 38.4 Å². The fourth-order valence-corrected chi connectivity index (χ4v) is 4.36. The average molecular weight is 371 g/mol. The normalized spacial score (nSPS) is 16.6. The fraction of sp³-hybridized carbons (Fsp3) is 0.308. The molecule has 0 aromatic heterocycles. The second kappa shape index (κ2) is 9.07. The van der Waals surface area contributed by atoms with Crippen LogP contribution in [0, 0.1) is 0 Å². The van der Waals surface area contributed by atoms with Crippen molar-refractivity contribution in [1.82, 2.24) is 4.90 Å². The summed E-state index contributed by atoms with van der Waals surface area (Å²) in [4.78, 5) is 5.25. The van der Waals surface area contributed by atoms with Gasteiger partial charge in [-0.05, 0) is 43.0 Å². The maximum absolute atomic E-state index is 2.64. The minimum atomic E-state index is 0.487. The fourth-order valence-electron chi connectivity index (χ4n) is 4.36. The predicted octanol–water partition coefficient (Wildman–Crippen LogP) is 5.92. The van der Waals surface area contributed by atoms with E-state index in [2.05, 4.69) is 108 Å². The van der Waals surface area contributed by atoms with Crippen molar-refractivity contribution >= 4 is 5.69 Å². The van der Waals surface area contributed by atoms with Crippen molar-refractivity contribution in [3.63, 3.8) is 0 Å². The maximum atomic E-state index is 2.64. The Labute approximate surface area is 169 Å². The smallest absolute Gasteiger partial charge is 0.0432 e. The Balaban J connectivity index is 1.46. The molecule has 1 aliphatic heterocycles. The third kappa shape index (κ3) is 4.45. The summed E-state index contributed by atoms with van der Waals surface area (Å²) in [5, 5.41) is 0. The van der Waals surface area contributed by atoms with Crippen molar-refractivity contribution in [2.24, 2.45) is 0 Å². The van der Waals surface area contributed by atoms with Crippen molar-refractivity contribution in [3.8, 4) is 0 Å². The minimum absolute atomic E-state index is 0.487. The number of para-hydroxylation sites is 1. The van der Waals surface area contributed by atoms with E-state index < -0.39 is 0 Å². The van der Waals surface area contributed by atoms with Gasteiger partial charge in [0.15, 0.2) is 0 Å². The van der Waals surface area contributed by atoms with Crippen LogP contribution in [-0.4, -0.2) is 24.0 Å². The molecule has 2 nitrogen and oxygen atoms in total. The second-order valence-electron chi connectivity index (χ2n) is 7.80. The third-order valence-corrected chi connectivity index (χ3v) is 6.05. The van der Waals surface area contributed by atoms with Crippen LogP contribution >= 0.6 is 0 Å². The molecule has 3 aromatic carbocycles. The van der Waals surface area contributed by atoms with Gasteiger partial charge >= 0.3 is 0 Å². The minimum Gasteiger partial charge on any atom is -0.364 e. The number of likely N-dealkylation sites (tertiary alicyclic amines) is 1. The van der Waals surface area contributed by atoms with Gasteiger partial charge in [0, 0.05) is 37.4 Å². The number of hydrogen-bond acceptors (Lipinski definition) is 2. The van der Waals surface area contributed by atoms with Crippen molar-refractivity contribution < 1.29 is 0 Å². The molecule has 0 amide bonds. The van der Waals surface area contributed by atoms with Gasteiger partial charge in [0.2, 0.25) is 0 Å². The molecule has 1 unspecified atom stereocenters. The Morgan fingerprint density at radius 2 is 1.32 bits per heavy atom. The van der Waals surface area contributed by atoms with Crippen LogP contribution in [0.3, 0.4) is 0 Å². The Hall–Kier alpha value is -2.58. The van der Waals surface area contributed by atoms with Crippen molar-refractivity contribution in [3.05, 3.63) is 102 Å². The molecule has 144 valence electrons. The molecule has 0 N–H and O–H groups in total. The molecule has 1 heterocycles. The van der Waals surface area contributed by atoms with Gasteiger partial charge in [-0.15, -0.1) is 0 Å². The first-order valence-corrected chi connectivity index (χ1v) is 10.5. The van der Waals surface area contributed by atoms with Gasteiger partial charge in [0.25, 0.3) is 0 Å². The Morgan fingerprint density at radius 3 is 1.93 bits per heavy atom. The SMILES string of the molecule is CC(c1ccccc1)N1CCC(N(Cc2ccccc2)c2ccccc2)CC1. The number of benzene rings is 3. The van der Waals surface area contributed by atoms with Gasteiger partial charge in [-0.25, -0.2) is 0 Å². The van der Waals surface area contributed by atoms with Crippen LogP contribution in [-0.2, 0) is 6.54 Å². The Kier molecular flexibility index (Phi) is 6.08. The van der Waals surface area contributed by atoms with Gasteiger partial charge < -0.3 is 4.90 Å². The zero-order valence-corrected chi connectivity index (χ0v) is 16.7.